The molecule has 0 aliphatic rings. The van der Waals surface area contributed by atoms with Crippen LogP contribution in [-0.2, 0) is 6.42 Å². The number of rotatable bonds is 4. The topological polar surface area (TPSA) is 54.7 Å². The molecular weight excluding hydrogens is 246 g/mol. The third-order valence-electron chi connectivity index (χ3n) is 3.59. The number of aromatic nitrogens is 2. The van der Waals surface area contributed by atoms with Gasteiger partial charge in [-0.25, -0.2) is 4.98 Å². The first kappa shape index (κ1) is 12.9. The second kappa shape index (κ2) is 5.47. The predicted octanol–water partition coefficient (Wildman–Crippen LogP) is 3.50. The van der Waals surface area contributed by atoms with Gasteiger partial charge in [-0.2, -0.15) is 0 Å². The maximum atomic E-state index is 6.25. The largest absolute Gasteiger partial charge is 0.341 e. The van der Waals surface area contributed by atoms with Crippen LogP contribution in [0.2, 0.25) is 0 Å². The Balaban J connectivity index is 1.73. The second-order valence-corrected chi connectivity index (χ2v) is 5.27. The lowest BCUT2D eigenvalue weighted by molar-refractivity contribution is 0.621. The molecule has 3 rings (SSSR count). The second-order valence-electron chi connectivity index (χ2n) is 5.27. The summed E-state index contributed by atoms with van der Waals surface area (Å²) in [6.07, 6.45) is 1.86. The molecule has 20 heavy (non-hydrogen) atoms. The maximum Gasteiger partial charge on any atom is 0.124 e. The molecule has 3 heteroatoms. The van der Waals surface area contributed by atoms with Gasteiger partial charge in [0.15, 0.2) is 0 Å². The molecule has 1 atom stereocenters. The molecule has 0 amide bonds. The van der Waals surface area contributed by atoms with E-state index >= 15 is 0 Å². The summed E-state index contributed by atoms with van der Waals surface area (Å²) in [5.74, 6) is 0.876. The normalized spacial score (nSPS) is 12.7. The zero-order chi connectivity index (χ0) is 13.9. The van der Waals surface area contributed by atoms with Crippen molar-refractivity contribution in [2.75, 3.05) is 0 Å². The number of nitrogens with two attached hydrogens (primary N) is 1. The van der Waals surface area contributed by atoms with Crippen molar-refractivity contribution < 1.29 is 0 Å². The van der Waals surface area contributed by atoms with Crippen LogP contribution in [0.1, 0.15) is 29.4 Å². The fourth-order valence-corrected chi connectivity index (χ4v) is 2.42. The number of fused-ring (bicyclic) bond motifs is 1. The fourth-order valence-electron chi connectivity index (χ4n) is 2.42. The van der Waals surface area contributed by atoms with Gasteiger partial charge in [-0.3, -0.25) is 0 Å². The van der Waals surface area contributed by atoms with Crippen molar-refractivity contribution >= 4 is 11.0 Å². The molecule has 1 aromatic heterocycles. The molecule has 0 saturated carbocycles. The van der Waals surface area contributed by atoms with E-state index in [9.17, 15) is 0 Å². The van der Waals surface area contributed by atoms with Gasteiger partial charge in [0.25, 0.3) is 0 Å². The van der Waals surface area contributed by atoms with Crippen LogP contribution in [0.15, 0.2) is 48.5 Å². The lowest BCUT2D eigenvalue weighted by atomic mass is 10.1. The lowest BCUT2D eigenvalue weighted by Crippen LogP contribution is -2.13. The molecule has 0 radical (unpaired) electrons. The fraction of sp³-hybridized carbons (Fsp3) is 0.235. The highest BCUT2D eigenvalue weighted by Gasteiger charge is 2.11. The molecule has 0 saturated heterocycles. The highest BCUT2D eigenvalue weighted by Crippen LogP contribution is 2.19. The first-order valence-corrected chi connectivity index (χ1v) is 6.98. The monoisotopic (exact) mass is 265 g/mol. The Morgan fingerprint density at radius 3 is 2.75 bits per heavy atom. The maximum absolute atomic E-state index is 6.25. The number of aromatic amines is 1. The Bertz CT molecular complexity index is 701. The zero-order valence-corrected chi connectivity index (χ0v) is 11.6. The van der Waals surface area contributed by atoms with E-state index in [4.69, 9.17) is 5.73 Å². The SMILES string of the molecule is Cc1ccc2nc(C(N)CCc3ccccc3)[nH]c2c1. The minimum absolute atomic E-state index is 0.0529. The lowest BCUT2D eigenvalue weighted by Gasteiger charge is -2.08. The highest BCUT2D eigenvalue weighted by atomic mass is 15.0. The molecule has 3 nitrogen and oxygen atoms in total. The molecule has 3 aromatic rings. The summed E-state index contributed by atoms with van der Waals surface area (Å²) >= 11 is 0. The number of imidazole rings is 1. The summed E-state index contributed by atoms with van der Waals surface area (Å²) in [6, 6.07) is 16.6. The Morgan fingerprint density at radius 2 is 1.95 bits per heavy atom. The number of nitrogens with one attached hydrogen (secondary N) is 1. The summed E-state index contributed by atoms with van der Waals surface area (Å²) in [7, 11) is 0. The molecule has 0 spiro atoms. The molecule has 0 bridgehead atoms. The van der Waals surface area contributed by atoms with Crippen LogP contribution in [-0.4, -0.2) is 9.97 Å². The summed E-state index contributed by atoms with van der Waals surface area (Å²) in [5.41, 5.74) is 10.8. The quantitative estimate of drug-likeness (QED) is 0.758. The van der Waals surface area contributed by atoms with Crippen molar-refractivity contribution in [2.45, 2.75) is 25.8 Å². The van der Waals surface area contributed by atoms with Crippen LogP contribution >= 0.6 is 0 Å². The minimum Gasteiger partial charge on any atom is -0.341 e. The number of hydrogen-bond donors (Lipinski definition) is 2. The predicted molar refractivity (Wildman–Crippen MR) is 82.5 cm³/mol. The van der Waals surface area contributed by atoms with Gasteiger partial charge in [-0.05, 0) is 43.0 Å². The Hall–Kier alpha value is -2.13. The molecule has 1 unspecified atom stereocenters. The molecule has 102 valence electrons. The van der Waals surface area contributed by atoms with Crippen LogP contribution in [0.4, 0.5) is 0 Å². The minimum atomic E-state index is -0.0529. The molecule has 0 aliphatic heterocycles. The van der Waals surface area contributed by atoms with Crippen molar-refractivity contribution in [3.8, 4) is 0 Å². The van der Waals surface area contributed by atoms with E-state index in [1.54, 1.807) is 0 Å². The van der Waals surface area contributed by atoms with Crippen LogP contribution in [0.3, 0.4) is 0 Å². The molecular formula is C17H19N3. The van der Waals surface area contributed by atoms with E-state index in [1.807, 2.05) is 12.1 Å². The molecule has 0 fully saturated rings. The molecule has 3 N–H and O–H groups in total. The van der Waals surface area contributed by atoms with Gasteiger partial charge in [0.1, 0.15) is 5.82 Å². The van der Waals surface area contributed by atoms with E-state index < -0.39 is 0 Å². The average molecular weight is 265 g/mol. The van der Waals surface area contributed by atoms with Crippen molar-refractivity contribution in [2.24, 2.45) is 5.73 Å². The zero-order valence-electron chi connectivity index (χ0n) is 11.6. The Kier molecular flexibility index (Phi) is 3.52. The third kappa shape index (κ3) is 2.73. The van der Waals surface area contributed by atoms with E-state index in [0.717, 1.165) is 29.7 Å². The third-order valence-corrected chi connectivity index (χ3v) is 3.59. The van der Waals surface area contributed by atoms with Gasteiger partial charge < -0.3 is 10.7 Å². The summed E-state index contributed by atoms with van der Waals surface area (Å²) in [6.45, 7) is 2.08. The summed E-state index contributed by atoms with van der Waals surface area (Å²) < 4.78 is 0. The first-order chi connectivity index (χ1) is 9.72. The van der Waals surface area contributed by atoms with Crippen LogP contribution in [0.5, 0.6) is 0 Å². The van der Waals surface area contributed by atoms with Gasteiger partial charge in [0, 0.05) is 0 Å². The average Bonchev–Trinajstić information content (AvgIpc) is 2.89. The van der Waals surface area contributed by atoms with Gasteiger partial charge in [0.2, 0.25) is 0 Å². The van der Waals surface area contributed by atoms with E-state index in [1.165, 1.54) is 11.1 Å². The summed E-state index contributed by atoms with van der Waals surface area (Å²) in [5, 5.41) is 0. The molecule has 1 heterocycles. The summed E-state index contributed by atoms with van der Waals surface area (Å²) in [4.78, 5) is 7.92. The van der Waals surface area contributed by atoms with Crippen molar-refractivity contribution in [1.29, 1.82) is 0 Å². The van der Waals surface area contributed by atoms with Crippen LogP contribution in [0, 0.1) is 6.92 Å². The number of H-pyrrole nitrogens is 1. The Morgan fingerprint density at radius 1 is 1.15 bits per heavy atom. The van der Waals surface area contributed by atoms with Gasteiger partial charge in [-0.1, -0.05) is 36.4 Å². The number of nitrogens with zero attached hydrogens (tertiary/aromatic N) is 1. The number of aryl methyl sites for hydroxylation is 2. The standard InChI is InChI=1S/C17H19N3/c1-12-7-10-15-16(11-12)20-17(19-15)14(18)9-8-13-5-3-2-4-6-13/h2-7,10-11,14H,8-9,18H2,1H3,(H,19,20). The molecule has 2 aromatic carbocycles. The van der Waals surface area contributed by atoms with Crippen molar-refractivity contribution in [1.82, 2.24) is 9.97 Å². The van der Waals surface area contributed by atoms with E-state index in [-0.39, 0.29) is 6.04 Å². The number of hydrogen-bond acceptors (Lipinski definition) is 2. The van der Waals surface area contributed by atoms with Gasteiger partial charge >= 0.3 is 0 Å². The Labute approximate surface area is 118 Å². The highest BCUT2D eigenvalue weighted by molar-refractivity contribution is 5.75. The van der Waals surface area contributed by atoms with E-state index in [2.05, 4.69) is 53.3 Å². The van der Waals surface area contributed by atoms with Crippen molar-refractivity contribution in [3.63, 3.8) is 0 Å². The smallest absolute Gasteiger partial charge is 0.124 e. The van der Waals surface area contributed by atoms with Gasteiger partial charge in [0.05, 0.1) is 17.1 Å². The molecule has 0 aliphatic carbocycles. The van der Waals surface area contributed by atoms with E-state index in [0.29, 0.717) is 0 Å². The van der Waals surface area contributed by atoms with Gasteiger partial charge in [-0.15, -0.1) is 0 Å². The van der Waals surface area contributed by atoms with Crippen LogP contribution in [0.25, 0.3) is 11.0 Å². The van der Waals surface area contributed by atoms with Crippen LogP contribution < -0.4 is 5.73 Å². The van der Waals surface area contributed by atoms with Crippen molar-refractivity contribution in [3.05, 3.63) is 65.5 Å². The first-order valence-electron chi connectivity index (χ1n) is 6.98. The number of benzene rings is 2.